The first kappa shape index (κ1) is 21.3. The second-order valence-electron chi connectivity index (χ2n) is 6.77. The lowest BCUT2D eigenvalue weighted by molar-refractivity contribution is -0.125. The first-order valence-corrected chi connectivity index (χ1v) is 11.0. The Kier molecular flexibility index (Phi) is 6.91. The Morgan fingerprint density at radius 2 is 1.97 bits per heavy atom. The Morgan fingerprint density at radius 1 is 1.24 bits per heavy atom. The maximum atomic E-state index is 12.2. The van der Waals surface area contributed by atoms with Crippen LogP contribution < -0.4 is 10.2 Å². The van der Waals surface area contributed by atoms with E-state index >= 15 is 0 Å². The molecule has 1 aliphatic rings. The molecule has 0 spiro atoms. The third-order valence-corrected chi connectivity index (χ3v) is 6.69. The van der Waals surface area contributed by atoms with Crippen LogP contribution in [-0.4, -0.2) is 74.3 Å². The zero-order valence-electron chi connectivity index (χ0n) is 16.6. The van der Waals surface area contributed by atoms with Crippen molar-refractivity contribution in [1.29, 1.82) is 0 Å². The molecule has 3 rings (SSSR count). The number of amides is 2. The third kappa shape index (κ3) is 5.36. The van der Waals surface area contributed by atoms with Gasteiger partial charge in [-0.2, -0.15) is 0 Å². The summed E-state index contributed by atoms with van der Waals surface area (Å²) in [5.74, 6) is -0.877. The lowest BCUT2D eigenvalue weighted by Gasteiger charge is -2.31. The van der Waals surface area contributed by atoms with Gasteiger partial charge in [0.2, 0.25) is 0 Å². The van der Waals surface area contributed by atoms with E-state index in [9.17, 15) is 14.4 Å². The number of rotatable bonds is 6. The number of thiazole rings is 1. The molecule has 3 heterocycles. The van der Waals surface area contributed by atoms with Crippen LogP contribution in [0.3, 0.4) is 0 Å². The maximum Gasteiger partial charge on any atom is 0.409 e. The molecule has 0 aromatic carbocycles. The van der Waals surface area contributed by atoms with Crippen LogP contribution >= 0.6 is 22.7 Å². The van der Waals surface area contributed by atoms with Gasteiger partial charge >= 0.3 is 12.1 Å². The largest absolute Gasteiger partial charge is 0.451 e. The predicted molar refractivity (Wildman–Crippen MR) is 112 cm³/mol. The van der Waals surface area contributed by atoms with E-state index < -0.39 is 5.97 Å². The number of piperidine rings is 1. The van der Waals surface area contributed by atoms with Crippen LogP contribution in [0.5, 0.6) is 0 Å². The van der Waals surface area contributed by atoms with Crippen molar-refractivity contribution >= 4 is 55.3 Å². The van der Waals surface area contributed by atoms with Gasteiger partial charge in [-0.3, -0.25) is 4.79 Å². The minimum atomic E-state index is -0.529. The molecular formula is C18H24N4O5S2. The van der Waals surface area contributed by atoms with Gasteiger partial charge in [-0.1, -0.05) is 11.3 Å². The lowest BCUT2D eigenvalue weighted by atomic mass is 10.1. The summed E-state index contributed by atoms with van der Waals surface area (Å²) in [6.45, 7) is 2.83. The molecule has 2 aromatic rings. The lowest BCUT2D eigenvalue weighted by Crippen LogP contribution is -2.47. The van der Waals surface area contributed by atoms with Crippen molar-refractivity contribution in [2.24, 2.45) is 0 Å². The first-order valence-electron chi connectivity index (χ1n) is 9.33. The van der Waals surface area contributed by atoms with E-state index in [-0.39, 0.29) is 24.6 Å². The molecule has 1 saturated heterocycles. The highest BCUT2D eigenvalue weighted by molar-refractivity contribution is 7.29. The van der Waals surface area contributed by atoms with Crippen LogP contribution in [0.4, 0.5) is 9.93 Å². The summed E-state index contributed by atoms with van der Waals surface area (Å²) in [6, 6.07) is 1.70. The number of fused-ring (bicyclic) bond motifs is 1. The van der Waals surface area contributed by atoms with Gasteiger partial charge in [0.1, 0.15) is 9.71 Å². The van der Waals surface area contributed by atoms with Gasteiger partial charge in [-0.25, -0.2) is 14.6 Å². The van der Waals surface area contributed by atoms with Crippen molar-refractivity contribution in [3.05, 3.63) is 10.9 Å². The number of likely N-dealkylation sites (tertiary alicyclic amines) is 1. The Hall–Kier alpha value is -2.40. The van der Waals surface area contributed by atoms with Crippen molar-refractivity contribution < 1.29 is 23.9 Å². The third-order valence-electron chi connectivity index (χ3n) is 4.38. The first-order chi connectivity index (χ1) is 13.9. The van der Waals surface area contributed by atoms with Crippen LogP contribution in [0.2, 0.25) is 0 Å². The molecule has 2 aromatic heterocycles. The second kappa shape index (κ2) is 9.40. The summed E-state index contributed by atoms with van der Waals surface area (Å²) in [5, 5.41) is 3.73. The van der Waals surface area contributed by atoms with Gasteiger partial charge < -0.3 is 24.6 Å². The van der Waals surface area contributed by atoms with E-state index in [0.717, 1.165) is 14.7 Å². The minimum absolute atomic E-state index is 0.0485. The van der Waals surface area contributed by atoms with Gasteiger partial charge in [0.25, 0.3) is 5.91 Å². The summed E-state index contributed by atoms with van der Waals surface area (Å²) < 4.78 is 11.0. The van der Waals surface area contributed by atoms with Gasteiger partial charge in [0, 0.05) is 33.2 Å². The average Bonchev–Trinajstić information content (AvgIpc) is 3.26. The number of aromatic nitrogens is 1. The molecule has 1 aliphatic heterocycles. The molecule has 1 fully saturated rings. The van der Waals surface area contributed by atoms with Crippen molar-refractivity contribution in [2.45, 2.75) is 25.8 Å². The summed E-state index contributed by atoms with van der Waals surface area (Å²) in [6.07, 6.45) is 0.952. The van der Waals surface area contributed by atoms with E-state index in [4.69, 9.17) is 9.47 Å². The van der Waals surface area contributed by atoms with Crippen LogP contribution in [0.15, 0.2) is 6.07 Å². The van der Waals surface area contributed by atoms with E-state index in [1.54, 1.807) is 17.9 Å². The second-order valence-corrected chi connectivity index (χ2v) is 8.81. The van der Waals surface area contributed by atoms with Gasteiger partial charge in [0.15, 0.2) is 11.7 Å². The summed E-state index contributed by atoms with van der Waals surface area (Å²) in [5.41, 5.74) is 0. The van der Waals surface area contributed by atoms with Crippen LogP contribution in [0, 0.1) is 0 Å². The van der Waals surface area contributed by atoms with Crippen molar-refractivity contribution in [3.63, 3.8) is 0 Å². The number of hydrogen-bond donors (Lipinski definition) is 1. The number of ether oxygens (including phenoxy) is 2. The van der Waals surface area contributed by atoms with E-state index in [1.165, 1.54) is 22.7 Å². The molecule has 9 nitrogen and oxygen atoms in total. The fourth-order valence-corrected chi connectivity index (χ4v) is 4.94. The molecule has 0 atom stereocenters. The highest BCUT2D eigenvalue weighted by Gasteiger charge is 2.25. The van der Waals surface area contributed by atoms with Gasteiger partial charge in [-0.05, 0) is 25.8 Å². The number of thiophene rings is 1. The Morgan fingerprint density at radius 3 is 2.59 bits per heavy atom. The highest BCUT2D eigenvalue weighted by Crippen LogP contribution is 2.34. The fraction of sp³-hybridized carbons (Fsp3) is 0.556. The fourth-order valence-electron chi connectivity index (χ4n) is 2.91. The molecule has 2 amide bonds. The highest BCUT2D eigenvalue weighted by atomic mass is 32.1. The number of esters is 1. The predicted octanol–water partition coefficient (Wildman–Crippen LogP) is 2.32. The molecule has 0 saturated carbocycles. The summed E-state index contributed by atoms with van der Waals surface area (Å²) in [4.78, 5) is 45.2. The number of hydrogen-bond acceptors (Lipinski definition) is 9. The maximum absolute atomic E-state index is 12.2. The van der Waals surface area contributed by atoms with Crippen molar-refractivity contribution in [1.82, 2.24) is 15.2 Å². The molecule has 0 bridgehead atoms. The van der Waals surface area contributed by atoms with Gasteiger partial charge in [-0.15, -0.1) is 11.3 Å². The van der Waals surface area contributed by atoms with Crippen LogP contribution in [0.1, 0.15) is 29.4 Å². The normalized spacial score (nSPS) is 14.7. The van der Waals surface area contributed by atoms with Crippen molar-refractivity contribution in [2.75, 3.05) is 45.3 Å². The molecule has 29 heavy (non-hydrogen) atoms. The SMILES string of the molecule is CCOC(=O)N1CCC(NC(=O)COC(=O)c2cc3sc(N(C)C)nc3s2)CC1. The molecule has 0 aliphatic carbocycles. The Balaban J connectivity index is 1.43. The van der Waals surface area contributed by atoms with E-state index in [0.29, 0.717) is 37.4 Å². The smallest absolute Gasteiger partial charge is 0.409 e. The number of carbonyl (C=O) groups excluding carboxylic acids is 3. The number of nitrogens with zero attached hydrogens (tertiary/aromatic N) is 3. The summed E-state index contributed by atoms with van der Waals surface area (Å²) >= 11 is 2.75. The van der Waals surface area contributed by atoms with Crippen molar-refractivity contribution in [3.8, 4) is 0 Å². The molecule has 158 valence electrons. The molecular weight excluding hydrogens is 416 g/mol. The zero-order chi connectivity index (χ0) is 21.0. The standard InChI is InChI=1S/C18H24N4O5S2/c1-4-26-18(25)22-7-5-11(6-8-22)19-14(23)10-27-16(24)13-9-12-15(28-13)20-17(29-12)21(2)3/h9,11H,4-8,10H2,1-3H3,(H,19,23). The average molecular weight is 441 g/mol. The van der Waals surface area contributed by atoms with E-state index in [1.807, 2.05) is 19.0 Å². The van der Waals surface area contributed by atoms with E-state index in [2.05, 4.69) is 10.3 Å². The molecule has 0 radical (unpaired) electrons. The van der Waals surface area contributed by atoms with Crippen LogP contribution in [-0.2, 0) is 14.3 Å². The number of anilines is 1. The van der Waals surface area contributed by atoms with Gasteiger partial charge in [0.05, 0.1) is 11.3 Å². The topological polar surface area (TPSA) is 101 Å². The molecule has 11 heteroatoms. The zero-order valence-corrected chi connectivity index (χ0v) is 18.2. The summed E-state index contributed by atoms with van der Waals surface area (Å²) in [7, 11) is 3.83. The number of carbonyl (C=O) groups is 3. The minimum Gasteiger partial charge on any atom is -0.451 e. The van der Waals surface area contributed by atoms with Crippen LogP contribution in [0.25, 0.3) is 9.53 Å². The number of nitrogens with one attached hydrogen (secondary N) is 1. The molecule has 1 N–H and O–H groups in total. The monoisotopic (exact) mass is 440 g/mol. The Labute approximate surface area is 176 Å². The quantitative estimate of drug-likeness (QED) is 0.688. The molecule has 0 unspecified atom stereocenters. The Bertz CT molecular complexity index is 855.